The number of carbonyl (C=O) groups excluding carboxylic acids is 1. The maximum absolute atomic E-state index is 12.2. The Morgan fingerprint density at radius 1 is 1.18 bits per heavy atom. The molecule has 1 N–H and O–H groups in total. The molecule has 1 aromatic rings. The van der Waals surface area contributed by atoms with Gasteiger partial charge in [-0.05, 0) is 12.1 Å². The first-order valence-electron chi connectivity index (χ1n) is 5.35. The fourth-order valence-electron chi connectivity index (χ4n) is 1.98. The summed E-state index contributed by atoms with van der Waals surface area (Å²) in [6.07, 6.45) is -0.808. The Morgan fingerprint density at radius 2 is 1.88 bits per heavy atom. The number of rotatable bonds is 1. The maximum Gasteiger partial charge on any atom is 0.268 e. The molecule has 88 valence electrons. The molecule has 0 fully saturated rings. The van der Waals surface area contributed by atoms with E-state index in [1.165, 1.54) is 4.90 Å². The minimum absolute atomic E-state index is 0.0732. The molecule has 3 nitrogen and oxygen atoms in total. The van der Waals surface area contributed by atoms with E-state index in [4.69, 9.17) is 0 Å². The Kier molecular flexibility index (Phi) is 2.90. The van der Waals surface area contributed by atoms with E-state index in [1.54, 1.807) is 23.5 Å². The molecule has 5 heteroatoms. The van der Waals surface area contributed by atoms with Crippen molar-refractivity contribution in [2.24, 2.45) is 0 Å². The molecule has 17 heavy (non-hydrogen) atoms. The van der Waals surface area contributed by atoms with Crippen LogP contribution in [0.2, 0.25) is 0 Å². The van der Waals surface area contributed by atoms with Gasteiger partial charge in [-0.25, -0.2) is 0 Å². The second kappa shape index (κ2) is 4.40. The average Bonchev–Trinajstić information content (AvgIpc) is 2.64. The van der Waals surface area contributed by atoms with Crippen LogP contribution in [0.15, 0.2) is 40.1 Å². The van der Waals surface area contributed by atoms with Crippen molar-refractivity contribution < 1.29 is 9.90 Å². The molecular weight excluding hydrogens is 254 g/mol. The first kappa shape index (κ1) is 11.2. The van der Waals surface area contributed by atoms with E-state index in [0.717, 1.165) is 27.0 Å². The lowest BCUT2D eigenvalue weighted by atomic mass is 10.3. The van der Waals surface area contributed by atoms with E-state index < -0.39 is 6.23 Å². The maximum atomic E-state index is 12.2. The van der Waals surface area contributed by atoms with Crippen LogP contribution in [-0.4, -0.2) is 28.7 Å². The first-order chi connectivity index (χ1) is 8.29. The van der Waals surface area contributed by atoms with Crippen molar-refractivity contribution in [3.63, 3.8) is 0 Å². The van der Waals surface area contributed by atoms with Gasteiger partial charge in [0.1, 0.15) is 0 Å². The van der Waals surface area contributed by atoms with Crippen molar-refractivity contribution in [2.45, 2.75) is 6.23 Å². The van der Waals surface area contributed by atoms with E-state index >= 15 is 0 Å². The number of hydrogen-bond donors (Lipinski definition) is 1. The Labute approximate surface area is 108 Å². The molecule has 0 saturated carbocycles. The fourth-order valence-corrected chi connectivity index (χ4v) is 4.36. The van der Waals surface area contributed by atoms with Crippen molar-refractivity contribution in [3.8, 4) is 0 Å². The molecule has 0 aromatic heterocycles. The van der Waals surface area contributed by atoms with Crippen molar-refractivity contribution in [1.82, 2.24) is 0 Å². The molecule has 0 bridgehead atoms. The lowest BCUT2D eigenvalue weighted by molar-refractivity contribution is -0.114. The zero-order valence-corrected chi connectivity index (χ0v) is 10.6. The molecular formula is C12H11NO2S2. The largest absolute Gasteiger partial charge is 0.368 e. The van der Waals surface area contributed by atoms with E-state index in [9.17, 15) is 9.90 Å². The predicted molar refractivity (Wildman–Crippen MR) is 71.9 cm³/mol. The van der Waals surface area contributed by atoms with Crippen LogP contribution < -0.4 is 4.90 Å². The number of thioether (sulfide) groups is 2. The van der Waals surface area contributed by atoms with Gasteiger partial charge in [0.2, 0.25) is 0 Å². The number of hydrogen-bond acceptors (Lipinski definition) is 4. The van der Waals surface area contributed by atoms with Crippen molar-refractivity contribution in [2.75, 3.05) is 16.4 Å². The molecule has 2 heterocycles. The van der Waals surface area contributed by atoms with Crippen LogP contribution in [0.5, 0.6) is 0 Å². The SMILES string of the molecule is O=C1C2=C(SCCS2)C(O)N1c1ccccc1. The predicted octanol–water partition coefficient (Wildman–Crippen LogP) is 2.04. The smallest absolute Gasteiger partial charge is 0.268 e. The first-order valence-corrected chi connectivity index (χ1v) is 7.32. The topological polar surface area (TPSA) is 40.5 Å². The third-order valence-electron chi connectivity index (χ3n) is 2.74. The fraction of sp³-hybridized carbons (Fsp3) is 0.250. The third kappa shape index (κ3) is 1.78. The zero-order valence-electron chi connectivity index (χ0n) is 9.00. The molecule has 1 aromatic carbocycles. The minimum atomic E-state index is -0.808. The molecule has 0 aliphatic carbocycles. The van der Waals surface area contributed by atoms with Gasteiger partial charge in [-0.15, -0.1) is 23.5 Å². The second-order valence-electron chi connectivity index (χ2n) is 3.77. The number of amides is 1. The molecule has 0 radical (unpaired) electrons. The van der Waals surface area contributed by atoms with Gasteiger partial charge in [-0.2, -0.15) is 0 Å². The van der Waals surface area contributed by atoms with Gasteiger partial charge >= 0.3 is 0 Å². The average molecular weight is 265 g/mol. The van der Waals surface area contributed by atoms with E-state index in [2.05, 4.69) is 0 Å². The molecule has 1 atom stereocenters. The van der Waals surface area contributed by atoms with Crippen LogP contribution in [0.1, 0.15) is 0 Å². The third-order valence-corrected chi connectivity index (χ3v) is 5.35. The molecule has 0 saturated heterocycles. The van der Waals surface area contributed by atoms with Gasteiger partial charge in [0, 0.05) is 17.2 Å². The van der Waals surface area contributed by atoms with Crippen LogP contribution >= 0.6 is 23.5 Å². The lowest BCUT2D eigenvalue weighted by Gasteiger charge is -2.22. The monoisotopic (exact) mass is 265 g/mol. The van der Waals surface area contributed by atoms with Crippen LogP contribution in [0.25, 0.3) is 0 Å². The van der Waals surface area contributed by atoms with Crippen molar-refractivity contribution in [1.29, 1.82) is 0 Å². The number of carbonyl (C=O) groups is 1. The summed E-state index contributed by atoms with van der Waals surface area (Å²) < 4.78 is 0. The summed E-state index contributed by atoms with van der Waals surface area (Å²) >= 11 is 3.14. The standard InChI is InChI=1S/C12H11NO2S2/c14-11-9-10(17-7-6-16-9)12(15)13(11)8-4-2-1-3-5-8/h1-5,11,14H,6-7H2. The highest BCUT2D eigenvalue weighted by Gasteiger charge is 2.40. The molecule has 2 aliphatic heterocycles. The van der Waals surface area contributed by atoms with Gasteiger partial charge < -0.3 is 5.11 Å². The van der Waals surface area contributed by atoms with E-state index in [1.807, 2.05) is 30.3 Å². The molecule has 0 spiro atoms. The number of aliphatic hydroxyl groups is 1. The normalized spacial score (nSPS) is 24.2. The number of nitrogens with zero attached hydrogens (tertiary/aromatic N) is 1. The Hall–Kier alpha value is -0.910. The highest BCUT2D eigenvalue weighted by atomic mass is 32.2. The van der Waals surface area contributed by atoms with Crippen LogP contribution in [0.3, 0.4) is 0 Å². The van der Waals surface area contributed by atoms with Crippen LogP contribution in [-0.2, 0) is 4.79 Å². The van der Waals surface area contributed by atoms with Gasteiger partial charge in [0.15, 0.2) is 6.23 Å². The summed E-state index contributed by atoms with van der Waals surface area (Å²) in [4.78, 5) is 15.2. The number of benzene rings is 1. The highest BCUT2D eigenvalue weighted by molar-refractivity contribution is 8.10. The summed E-state index contributed by atoms with van der Waals surface area (Å²) in [5, 5.41) is 10.2. The summed E-state index contributed by atoms with van der Waals surface area (Å²) in [5.74, 6) is 1.82. The molecule has 3 rings (SSSR count). The van der Waals surface area contributed by atoms with Crippen molar-refractivity contribution in [3.05, 3.63) is 40.1 Å². The highest BCUT2D eigenvalue weighted by Crippen LogP contribution is 2.44. The van der Waals surface area contributed by atoms with Crippen molar-refractivity contribution >= 4 is 35.1 Å². The number of para-hydroxylation sites is 1. The Morgan fingerprint density at radius 3 is 2.59 bits per heavy atom. The quantitative estimate of drug-likeness (QED) is 0.843. The number of aliphatic hydroxyl groups excluding tert-OH is 1. The van der Waals surface area contributed by atoms with Gasteiger partial charge in [-0.1, -0.05) is 18.2 Å². The van der Waals surface area contributed by atoms with E-state index in [0.29, 0.717) is 0 Å². The van der Waals surface area contributed by atoms with Crippen LogP contribution in [0.4, 0.5) is 5.69 Å². The Balaban J connectivity index is 1.98. The summed E-state index contributed by atoms with van der Waals surface area (Å²) in [6, 6.07) is 9.32. The lowest BCUT2D eigenvalue weighted by Crippen LogP contribution is -2.34. The summed E-state index contributed by atoms with van der Waals surface area (Å²) in [7, 11) is 0. The minimum Gasteiger partial charge on any atom is -0.368 e. The Bertz CT molecular complexity index is 487. The van der Waals surface area contributed by atoms with Gasteiger partial charge in [-0.3, -0.25) is 9.69 Å². The summed E-state index contributed by atoms with van der Waals surface area (Å²) in [6.45, 7) is 0. The van der Waals surface area contributed by atoms with E-state index in [-0.39, 0.29) is 5.91 Å². The molecule has 2 aliphatic rings. The van der Waals surface area contributed by atoms with Crippen LogP contribution in [0, 0.1) is 0 Å². The second-order valence-corrected chi connectivity index (χ2v) is 6.02. The van der Waals surface area contributed by atoms with Gasteiger partial charge in [0.05, 0.1) is 9.81 Å². The van der Waals surface area contributed by atoms with Gasteiger partial charge in [0.25, 0.3) is 5.91 Å². The zero-order chi connectivity index (χ0) is 11.8. The number of anilines is 1. The molecule has 1 amide bonds. The molecule has 1 unspecified atom stereocenters. The summed E-state index contributed by atoms with van der Waals surface area (Å²) in [5.41, 5.74) is 0.751.